The van der Waals surface area contributed by atoms with Crippen molar-refractivity contribution in [1.82, 2.24) is 5.32 Å². The van der Waals surface area contributed by atoms with Crippen LogP contribution in [0.25, 0.3) is 0 Å². The van der Waals surface area contributed by atoms with Crippen molar-refractivity contribution in [2.75, 3.05) is 6.61 Å². The molecule has 0 unspecified atom stereocenters. The SMILES string of the molecule is CC[C@@H](C)[C@H](CO)NC(=O)c1cccc[n+]1[O-]. The van der Waals surface area contributed by atoms with Gasteiger partial charge in [-0.15, -0.1) is 0 Å². The van der Waals surface area contributed by atoms with Crippen LogP contribution in [0.2, 0.25) is 0 Å². The predicted molar refractivity (Wildman–Crippen MR) is 63.2 cm³/mol. The zero-order valence-electron chi connectivity index (χ0n) is 10.1. The van der Waals surface area contributed by atoms with Gasteiger partial charge in [-0.05, 0) is 12.0 Å². The second-order valence-corrected chi connectivity index (χ2v) is 4.06. The van der Waals surface area contributed by atoms with E-state index in [0.717, 1.165) is 6.42 Å². The van der Waals surface area contributed by atoms with E-state index in [9.17, 15) is 15.1 Å². The Hall–Kier alpha value is -1.62. The van der Waals surface area contributed by atoms with Crippen LogP contribution in [-0.2, 0) is 0 Å². The van der Waals surface area contributed by atoms with Crippen LogP contribution in [-0.4, -0.2) is 23.7 Å². The van der Waals surface area contributed by atoms with Gasteiger partial charge in [-0.25, -0.2) is 0 Å². The van der Waals surface area contributed by atoms with E-state index in [2.05, 4.69) is 5.32 Å². The minimum absolute atomic E-state index is 0.0363. The maximum atomic E-state index is 11.8. The number of aliphatic hydroxyl groups excluding tert-OH is 1. The quantitative estimate of drug-likeness (QED) is 0.578. The maximum absolute atomic E-state index is 11.8. The standard InChI is InChI=1S/C12H18N2O3/c1-3-9(2)10(8-15)13-12(16)11-6-4-5-7-14(11)17/h4-7,9-10,15H,3,8H2,1-2H3,(H,13,16)/t9-,10+/m1/s1. The molecule has 0 bridgehead atoms. The van der Waals surface area contributed by atoms with E-state index in [1.165, 1.54) is 12.3 Å². The molecule has 5 heteroatoms. The first-order valence-electron chi connectivity index (χ1n) is 5.70. The molecule has 2 N–H and O–H groups in total. The summed E-state index contributed by atoms with van der Waals surface area (Å²) in [7, 11) is 0. The molecule has 0 aromatic carbocycles. The highest BCUT2D eigenvalue weighted by atomic mass is 16.5. The average molecular weight is 238 g/mol. The van der Waals surface area contributed by atoms with E-state index < -0.39 is 5.91 Å². The van der Waals surface area contributed by atoms with Crippen LogP contribution in [0, 0.1) is 11.1 Å². The Balaban J connectivity index is 2.75. The van der Waals surface area contributed by atoms with E-state index in [1.807, 2.05) is 13.8 Å². The number of aliphatic hydroxyl groups is 1. The molecule has 5 nitrogen and oxygen atoms in total. The summed E-state index contributed by atoms with van der Waals surface area (Å²) in [4.78, 5) is 11.8. The van der Waals surface area contributed by atoms with E-state index in [1.54, 1.807) is 12.1 Å². The third kappa shape index (κ3) is 3.42. The number of nitrogens with zero attached hydrogens (tertiary/aromatic N) is 1. The molecule has 0 spiro atoms. The molecular weight excluding hydrogens is 220 g/mol. The van der Waals surface area contributed by atoms with Crippen LogP contribution in [0.1, 0.15) is 30.8 Å². The second kappa shape index (κ2) is 6.20. The summed E-state index contributed by atoms with van der Waals surface area (Å²) < 4.78 is 0.514. The Labute approximate surface area is 101 Å². The molecule has 1 aromatic heterocycles. The maximum Gasteiger partial charge on any atom is 0.317 e. The van der Waals surface area contributed by atoms with Crippen molar-refractivity contribution in [1.29, 1.82) is 0 Å². The molecule has 1 heterocycles. The summed E-state index contributed by atoms with van der Waals surface area (Å²) in [5.41, 5.74) is 0.0363. The van der Waals surface area contributed by atoms with Crippen LogP contribution in [0.3, 0.4) is 0 Å². The van der Waals surface area contributed by atoms with Crippen molar-refractivity contribution in [3.05, 3.63) is 35.3 Å². The average Bonchev–Trinajstić information content (AvgIpc) is 2.35. The smallest absolute Gasteiger partial charge is 0.317 e. The van der Waals surface area contributed by atoms with Gasteiger partial charge >= 0.3 is 5.91 Å². The van der Waals surface area contributed by atoms with Crippen LogP contribution in [0.5, 0.6) is 0 Å². The monoisotopic (exact) mass is 238 g/mol. The normalized spacial score (nSPS) is 14.1. The van der Waals surface area contributed by atoms with Gasteiger partial charge in [-0.2, -0.15) is 4.73 Å². The molecular formula is C12H18N2O3. The molecule has 1 rings (SSSR count). The number of pyridine rings is 1. The van der Waals surface area contributed by atoms with Gasteiger partial charge in [-0.3, -0.25) is 4.79 Å². The van der Waals surface area contributed by atoms with E-state index in [4.69, 9.17) is 0 Å². The van der Waals surface area contributed by atoms with Crippen LogP contribution in [0.15, 0.2) is 24.4 Å². The zero-order chi connectivity index (χ0) is 12.8. The Kier molecular flexibility index (Phi) is 4.90. The first-order chi connectivity index (χ1) is 8.10. The third-order valence-electron chi connectivity index (χ3n) is 2.90. The molecule has 0 saturated heterocycles. The highest BCUT2D eigenvalue weighted by Crippen LogP contribution is 2.07. The van der Waals surface area contributed by atoms with Gasteiger partial charge in [0.25, 0.3) is 5.69 Å². The van der Waals surface area contributed by atoms with Crippen molar-refractivity contribution in [3.8, 4) is 0 Å². The van der Waals surface area contributed by atoms with Crippen molar-refractivity contribution in [2.45, 2.75) is 26.3 Å². The molecule has 94 valence electrons. The molecule has 1 aromatic rings. The van der Waals surface area contributed by atoms with Crippen LogP contribution < -0.4 is 10.0 Å². The molecule has 0 fully saturated rings. The second-order valence-electron chi connectivity index (χ2n) is 4.06. The number of amides is 1. The molecule has 1 amide bonds. The largest absolute Gasteiger partial charge is 0.618 e. The molecule has 0 aliphatic rings. The van der Waals surface area contributed by atoms with Gasteiger partial charge in [0.05, 0.1) is 12.6 Å². The van der Waals surface area contributed by atoms with Crippen LogP contribution >= 0.6 is 0 Å². The molecule has 2 atom stereocenters. The summed E-state index contributed by atoms with van der Waals surface area (Å²) in [6.45, 7) is 3.79. The lowest BCUT2D eigenvalue weighted by molar-refractivity contribution is -0.607. The Morgan fingerprint density at radius 2 is 2.29 bits per heavy atom. The Morgan fingerprint density at radius 1 is 1.59 bits per heavy atom. The minimum atomic E-state index is -0.458. The van der Waals surface area contributed by atoms with Gasteiger partial charge in [0, 0.05) is 12.1 Å². The summed E-state index contributed by atoms with van der Waals surface area (Å²) in [6.07, 6.45) is 2.11. The van der Waals surface area contributed by atoms with Gasteiger partial charge in [0.1, 0.15) is 0 Å². The topological polar surface area (TPSA) is 76.3 Å². The lowest BCUT2D eigenvalue weighted by Gasteiger charge is -2.21. The number of rotatable bonds is 5. The number of hydrogen-bond acceptors (Lipinski definition) is 3. The summed E-state index contributed by atoms with van der Waals surface area (Å²) in [5.74, 6) is -0.298. The predicted octanol–water partition coefficient (Wildman–Crippen LogP) is 0.457. The first kappa shape index (κ1) is 13.4. The summed E-state index contributed by atoms with van der Waals surface area (Å²) in [6, 6.07) is 4.31. The summed E-state index contributed by atoms with van der Waals surface area (Å²) in [5, 5.41) is 23.2. The van der Waals surface area contributed by atoms with Crippen molar-refractivity contribution in [3.63, 3.8) is 0 Å². The molecule has 0 radical (unpaired) electrons. The van der Waals surface area contributed by atoms with Gasteiger partial charge in [-0.1, -0.05) is 20.3 Å². The van der Waals surface area contributed by atoms with Gasteiger partial charge in [0.2, 0.25) is 0 Å². The number of carbonyl (C=O) groups is 1. The fourth-order valence-electron chi connectivity index (χ4n) is 1.50. The van der Waals surface area contributed by atoms with E-state index in [-0.39, 0.29) is 24.3 Å². The molecule has 17 heavy (non-hydrogen) atoms. The lowest BCUT2D eigenvalue weighted by Crippen LogP contribution is -2.46. The van der Waals surface area contributed by atoms with Gasteiger partial charge in [0.15, 0.2) is 6.20 Å². The number of nitrogens with one attached hydrogen (secondary N) is 1. The lowest BCUT2D eigenvalue weighted by atomic mass is 10.00. The van der Waals surface area contributed by atoms with Crippen molar-refractivity contribution < 1.29 is 14.6 Å². The fourth-order valence-corrected chi connectivity index (χ4v) is 1.50. The minimum Gasteiger partial charge on any atom is -0.618 e. The van der Waals surface area contributed by atoms with E-state index >= 15 is 0 Å². The molecule has 0 saturated carbocycles. The number of carbonyl (C=O) groups excluding carboxylic acids is 1. The number of aromatic nitrogens is 1. The van der Waals surface area contributed by atoms with E-state index in [0.29, 0.717) is 4.73 Å². The highest BCUT2D eigenvalue weighted by molar-refractivity contribution is 5.91. The zero-order valence-corrected chi connectivity index (χ0v) is 10.1. The summed E-state index contributed by atoms with van der Waals surface area (Å²) >= 11 is 0. The highest BCUT2D eigenvalue weighted by Gasteiger charge is 2.22. The van der Waals surface area contributed by atoms with Crippen molar-refractivity contribution >= 4 is 5.91 Å². The van der Waals surface area contributed by atoms with Crippen LogP contribution in [0.4, 0.5) is 0 Å². The third-order valence-corrected chi connectivity index (χ3v) is 2.90. The Bertz CT molecular complexity index is 382. The van der Waals surface area contributed by atoms with Crippen molar-refractivity contribution in [2.24, 2.45) is 5.92 Å². The molecule has 0 aliphatic carbocycles. The van der Waals surface area contributed by atoms with Gasteiger partial charge < -0.3 is 15.6 Å². The first-order valence-corrected chi connectivity index (χ1v) is 5.70. The Morgan fingerprint density at radius 3 is 2.82 bits per heavy atom. The fraction of sp³-hybridized carbons (Fsp3) is 0.500. The number of hydrogen-bond donors (Lipinski definition) is 2. The molecule has 0 aliphatic heterocycles.